The molecule has 0 aromatic heterocycles. The first-order valence-electron chi connectivity index (χ1n) is 7.72. The average Bonchev–Trinajstić information content (AvgIpc) is 2.61. The summed E-state index contributed by atoms with van der Waals surface area (Å²) in [5.41, 5.74) is 0.675. The summed E-state index contributed by atoms with van der Waals surface area (Å²) in [6, 6.07) is 8.33. The maximum absolute atomic E-state index is 13.6. The number of hydrogen-bond acceptors (Lipinski definition) is 4. The lowest BCUT2D eigenvalue weighted by atomic mass is 10.1. The number of sulfonamides is 1. The number of halogens is 3. The Bertz CT molecular complexity index is 903. The van der Waals surface area contributed by atoms with Gasteiger partial charge in [0, 0.05) is 23.1 Å². The Morgan fingerprint density at radius 1 is 1.19 bits per heavy atom. The number of nitrogens with zero attached hydrogens (tertiary/aromatic N) is 1. The van der Waals surface area contributed by atoms with E-state index in [9.17, 15) is 12.8 Å². The SMILES string of the molecule is COc1ccc(F)cc1S(=O)(=O)N1CCOC(c2cc(Cl)cc(Cl)c2)C1. The van der Waals surface area contributed by atoms with Crippen molar-refractivity contribution in [2.75, 3.05) is 26.8 Å². The largest absolute Gasteiger partial charge is 0.495 e. The van der Waals surface area contributed by atoms with Crippen LogP contribution in [0, 0.1) is 5.82 Å². The topological polar surface area (TPSA) is 55.8 Å². The second kappa shape index (κ2) is 7.70. The van der Waals surface area contributed by atoms with Crippen molar-refractivity contribution in [3.05, 3.63) is 57.8 Å². The lowest BCUT2D eigenvalue weighted by Gasteiger charge is -2.32. The number of methoxy groups -OCH3 is 1. The van der Waals surface area contributed by atoms with E-state index in [2.05, 4.69) is 0 Å². The molecule has 1 atom stereocenters. The molecular formula is C17H16Cl2FNO4S. The minimum Gasteiger partial charge on any atom is -0.495 e. The second-order valence-corrected chi connectivity index (χ2v) is 8.50. The van der Waals surface area contributed by atoms with Gasteiger partial charge in [0.05, 0.1) is 19.8 Å². The van der Waals surface area contributed by atoms with Gasteiger partial charge in [-0.3, -0.25) is 0 Å². The van der Waals surface area contributed by atoms with E-state index in [0.717, 1.165) is 12.1 Å². The zero-order chi connectivity index (χ0) is 18.9. The predicted molar refractivity (Wildman–Crippen MR) is 96.9 cm³/mol. The second-order valence-electron chi connectivity index (χ2n) is 5.72. The number of benzene rings is 2. The third-order valence-corrected chi connectivity index (χ3v) is 6.35. The third kappa shape index (κ3) is 3.97. The highest BCUT2D eigenvalue weighted by molar-refractivity contribution is 7.89. The Morgan fingerprint density at radius 2 is 1.88 bits per heavy atom. The maximum Gasteiger partial charge on any atom is 0.247 e. The van der Waals surface area contributed by atoms with Crippen LogP contribution in [0.3, 0.4) is 0 Å². The molecule has 1 saturated heterocycles. The smallest absolute Gasteiger partial charge is 0.247 e. The molecule has 0 bridgehead atoms. The fourth-order valence-corrected chi connectivity index (χ4v) is 4.93. The summed E-state index contributed by atoms with van der Waals surface area (Å²) in [4.78, 5) is -0.218. The van der Waals surface area contributed by atoms with E-state index in [4.69, 9.17) is 32.7 Å². The molecule has 2 aromatic rings. The van der Waals surface area contributed by atoms with E-state index in [1.54, 1.807) is 18.2 Å². The van der Waals surface area contributed by atoms with Gasteiger partial charge in [0.25, 0.3) is 0 Å². The van der Waals surface area contributed by atoms with Gasteiger partial charge >= 0.3 is 0 Å². The van der Waals surface area contributed by atoms with Crippen molar-refractivity contribution in [3.63, 3.8) is 0 Å². The van der Waals surface area contributed by atoms with Gasteiger partial charge in [-0.25, -0.2) is 12.8 Å². The minimum absolute atomic E-state index is 0.0542. The van der Waals surface area contributed by atoms with Crippen molar-refractivity contribution < 1.29 is 22.3 Å². The van der Waals surface area contributed by atoms with Crippen molar-refractivity contribution in [1.29, 1.82) is 0 Å². The highest BCUT2D eigenvalue weighted by Gasteiger charge is 2.33. The van der Waals surface area contributed by atoms with Crippen molar-refractivity contribution in [2.24, 2.45) is 0 Å². The summed E-state index contributed by atoms with van der Waals surface area (Å²) in [5.74, 6) is -0.573. The summed E-state index contributed by atoms with van der Waals surface area (Å²) in [6.07, 6.45) is -0.533. The number of morpholine rings is 1. The first-order valence-corrected chi connectivity index (χ1v) is 9.92. The maximum atomic E-state index is 13.6. The van der Waals surface area contributed by atoms with Crippen LogP contribution in [0.25, 0.3) is 0 Å². The van der Waals surface area contributed by atoms with Gasteiger partial charge < -0.3 is 9.47 Å². The fraction of sp³-hybridized carbons (Fsp3) is 0.294. The zero-order valence-corrected chi connectivity index (χ0v) is 16.1. The molecule has 1 fully saturated rings. The van der Waals surface area contributed by atoms with Crippen LogP contribution in [0.1, 0.15) is 11.7 Å². The predicted octanol–water partition coefficient (Wildman–Crippen LogP) is 3.90. The van der Waals surface area contributed by atoms with Crippen LogP contribution in [0.2, 0.25) is 10.0 Å². The van der Waals surface area contributed by atoms with E-state index >= 15 is 0 Å². The first-order chi connectivity index (χ1) is 12.3. The van der Waals surface area contributed by atoms with Gasteiger partial charge in [0.15, 0.2) is 0 Å². The van der Waals surface area contributed by atoms with Crippen molar-refractivity contribution in [1.82, 2.24) is 4.31 Å². The van der Waals surface area contributed by atoms with Gasteiger partial charge in [-0.2, -0.15) is 4.31 Å². The van der Waals surface area contributed by atoms with E-state index < -0.39 is 21.9 Å². The van der Waals surface area contributed by atoms with Gasteiger partial charge in [-0.05, 0) is 42.0 Å². The molecule has 3 rings (SSSR count). The van der Waals surface area contributed by atoms with Crippen LogP contribution in [0.5, 0.6) is 5.75 Å². The molecular weight excluding hydrogens is 404 g/mol. The Morgan fingerprint density at radius 3 is 2.54 bits per heavy atom. The van der Waals surface area contributed by atoms with E-state index in [1.165, 1.54) is 17.5 Å². The molecule has 1 aliphatic rings. The summed E-state index contributed by atoms with van der Waals surface area (Å²) in [5, 5.41) is 0.866. The molecule has 0 amide bonds. The van der Waals surface area contributed by atoms with E-state index in [-0.39, 0.29) is 30.3 Å². The van der Waals surface area contributed by atoms with E-state index in [1.807, 2.05) is 0 Å². The molecule has 1 heterocycles. The molecule has 1 unspecified atom stereocenters. The van der Waals surface area contributed by atoms with Crippen molar-refractivity contribution >= 4 is 33.2 Å². The summed E-state index contributed by atoms with van der Waals surface area (Å²) < 4.78 is 51.6. The molecule has 0 spiro atoms. The average molecular weight is 420 g/mol. The molecule has 140 valence electrons. The van der Waals surface area contributed by atoms with Crippen LogP contribution < -0.4 is 4.74 Å². The van der Waals surface area contributed by atoms with Crippen LogP contribution >= 0.6 is 23.2 Å². The van der Waals surface area contributed by atoms with Gasteiger partial charge in [0.2, 0.25) is 10.0 Å². The lowest BCUT2D eigenvalue weighted by molar-refractivity contribution is -0.00258. The summed E-state index contributed by atoms with van der Waals surface area (Å²) >= 11 is 12.0. The van der Waals surface area contributed by atoms with Gasteiger partial charge in [0.1, 0.15) is 16.5 Å². The van der Waals surface area contributed by atoms with Crippen LogP contribution in [-0.4, -0.2) is 39.5 Å². The Kier molecular flexibility index (Phi) is 5.74. The van der Waals surface area contributed by atoms with Gasteiger partial charge in [-0.15, -0.1) is 0 Å². The molecule has 0 saturated carbocycles. The quantitative estimate of drug-likeness (QED) is 0.753. The Hall–Kier alpha value is -1.38. The fourth-order valence-electron chi connectivity index (χ4n) is 2.80. The number of hydrogen-bond donors (Lipinski definition) is 0. The van der Waals surface area contributed by atoms with Crippen LogP contribution in [0.15, 0.2) is 41.3 Å². The standard InChI is InChI=1S/C17H16Cl2FNO4S/c1-24-15-3-2-14(20)9-17(15)26(22,23)21-4-5-25-16(10-21)11-6-12(18)8-13(19)7-11/h2-3,6-9,16H,4-5,10H2,1H3. The normalized spacial score (nSPS) is 18.7. The summed E-state index contributed by atoms with van der Waals surface area (Å²) in [7, 11) is -2.63. The van der Waals surface area contributed by atoms with Crippen molar-refractivity contribution in [3.8, 4) is 5.75 Å². The summed E-state index contributed by atoms with van der Waals surface area (Å²) in [6.45, 7) is 0.386. The Balaban J connectivity index is 1.93. The van der Waals surface area contributed by atoms with Crippen LogP contribution in [0.4, 0.5) is 4.39 Å². The molecule has 0 aliphatic carbocycles. The lowest BCUT2D eigenvalue weighted by Crippen LogP contribution is -2.42. The first kappa shape index (κ1) is 19.4. The monoisotopic (exact) mass is 419 g/mol. The third-order valence-electron chi connectivity index (χ3n) is 4.03. The molecule has 1 aliphatic heterocycles. The molecule has 9 heteroatoms. The highest BCUT2D eigenvalue weighted by atomic mass is 35.5. The minimum atomic E-state index is -3.97. The van der Waals surface area contributed by atoms with Gasteiger partial charge in [-0.1, -0.05) is 23.2 Å². The van der Waals surface area contributed by atoms with E-state index in [0.29, 0.717) is 15.6 Å². The molecule has 26 heavy (non-hydrogen) atoms. The van der Waals surface area contributed by atoms with Crippen LogP contribution in [-0.2, 0) is 14.8 Å². The number of ether oxygens (including phenoxy) is 2. The molecule has 0 radical (unpaired) electrons. The Labute approximate surface area is 161 Å². The molecule has 2 aromatic carbocycles. The molecule has 0 N–H and O–H groups in total. The zero-order valence-electron chi connectivity index (χ0n) is 13.8. The number of rotatable bonds is 4. The molecule has 5 nitrogen and oxygen atoms in total. The van der Waals surface area contributed by atoms with Crippen molar-refractivity contribution in [2.45, 2.75) is 11.0 Å². The highest BCUT2D eigenvalue weighted by Crippen LogP contribution is 2.32.